The molecule has 1 rings (SSSR count). The first kappa shape index (κ1) is 10.6. The average Bonchev–Trinajstić information content (AvgIpc) is 2.07. The number of carbonyl (C=O) groups is 1. The highest BCUT2D eigenvalue weighted by Gasteiger charge is 2.16. The fourth-order valence-corrected chi connectivity index (χ4v) is 1.21. The largest absolute Gasteiger partial charge is 0.366 e. The summed E-state index contributed by atoms with van der Waals surface area (Å²) < 4.78 is 26.4. The van der Waals surface area contributed by atoms with Crippen LogP contribution in [-0.4, -0.2) is 5.91 Å². The van der Waals surface area contributed by atoms with Crippen LogP contribution in [0.4, 0.5) is 8.78 Å². The lowest BCUT2D eigenvalue weighted by Crippen LogP contribution is -2.15. The van der Waals surface area contributed by atoms with Crippen LogP contribution in [-0.2, 0) is 0 Å². The Balaban J connectivity index is 3.40. The van der Waals surface area contributed by atoms with Gasteiger partial charge < -0.3 is 5.73 Å². The molecule has 0 saturated heterocycles. The zero-order valence-electron chi connectivity index (χ0n) is 7.97. The molecule has 14 heavy (non-hydrogen) atoms. The molecule has 0 spiro atoms. The summed E-state index contributed by atoms with van der Waals surface area (Å²) in [5, 5.41) is 0. The first-order valence-corrected chi connectivity index (χ1v) is 4.22. The lowest BCUT2D eigenvalue weighted by Gasteiger charge is -2.09. The molecule has 0 aliphatic heterocycles. The predicted molar refractivity (Wildman–Crippen MR) is 49.0 cm³/mol. The van der Waals surface area contributed by atoms with Gasteiger partial charge in [0.1, 0.15) is 11.6 Å². The molecular formula is C10H11F2NO. The number of amides is 1. The molecule has 1 aromatic rings. The summed E-state index contributed by atoms with van der Waals surface area (Å²) in [7, 11) is 0. The van der Waals surface area contributed by atoms with E-state index in [-0.39, 0.29) is 11.5 Å². The molecule has 0 bridgehead atoms. The zero-order chi connectivity index (χ0) is 10.9. The van der Waals surface area contributed by atoms with Gasteiger partial charge in [0, 0.05) is 0 Å². The summed E-state index contributed by atoms with van der Waals surface area (Å²) in [6, 6.07) is 1.88. The molecule has 2 nitrogen and oxygen atoms in total. The summed E-state index contributed by atoms with van der Waals surface area (Å²) in [5.41, 5.74) is 4.68. The van der Waals surface area contributed by atoms with Crippen molar-refractivity contribution in [2.75, 3.05) is 0 Å². The molecule has 4 heteroatoms. The quantitative estimate of drug-likeness (QED) is 0.779. The molecule has 1 amide bonds. The van der Waals surface area contributed by atoms with E-state index in [0.29, 0.717) is 0 Å². The molecule has 2 N–H and O–H groups in total. The van der Waals surface area contributed by atoms with Crippen molar-refractivity contribution in [3.8, 4) is 0 Å². The maximum absolute atomic E-state index is 13.5. The van der Waals surface area contributed by atoms with Gasteiger partial charge in [0.25, 0.3) is 5.91 Å². The molecule has 0 fully saturated rings. The van der Waals surface area contributed by atoms with E-state index in [9.17, 15) is 13.6 Å². The fourth-order valence-electron chi connectivity index (χ4n) is 1.21. The monoisotopic (exact) mass is 199 g/mol. The van der Waals surface area contributed by atoms with Gasteiger partial charge in [-0.15, -0.1) is 0 Å². The maximum Gasteiger partial charge on any atom is 0.251 e. The predicted octanol–water partition coefficient (Wildman–Crippen LogP) is 2.19. The van der Waals surface area contributed by atoms with Crippen molar-refractivity contribution in [1.29, 1.82) is 0 Å². The number of rotatable bonds is 2. The van der Waals surface area contributed by atoms with Crippen molar-refractivity contribution < 1.29 is 13.6 Å². The minimum Gasteiger partial charge on any atom is -0.366 e. The van der Waals surface area contributed by atoms with E-state index in [1.807, 2.05) is 0 Å². The minimum atomic E-state index is -0.955. The maximum atomic E-state index is 13.5. The van der Waals surface area contributed by atoms with Gasteiger partial charge in [0.15, 0.2) is 0 Å². The number of halogens is 2. The number of carbonyl (C=O) groups excluding carboxylic acids is 1. The minimum absolute atomic E-state index is 0.166. The van der Waals surface area contributed by atoms with Gasteiger partial charge in [-0.1, -0.05) is 13.8 Å². The van der Waals surface area contributed by atoms with E-state index in [4.69, 9.17) is 5.73 Å². The standard InChI is InChI=1S/C10H11F2NO/c1-5(2)7-3-6(11)4-8(9(7)12)10(13)14/h3-5H,1-2H3,(H2,13,14). The van der Waals surface area contributed by atoms with Crippen LogP contribution in [0.1, 0.15) is 35.7 Å². The third kappa shape index (κ3) is 1.89. The van der Waals surface area contributed by atoms with E-state index in [0.717, 1.165) is 12.1 Å². The summed E-state index contributed by atoms with van der Waals surface area (Å²) in [5.74, 6) is -2.52. The van der Waals surface area contributed by atoms with Gasteiger partial charge in [-0.2, -0.15) is 0 Å². The van der Waals surface area contributed by atoms with Crippen molar-refractivity contribution >= 4 is 5.91 Å². The Morgan fingerprint density at radius 3 is 2.36 bits per heavy atom. The Labute approximate surface area is 80.7 Å². The first-order valence-electron chi connectivity index (χ1n) is 4.22. The zero-order valence-corrected chi connectivity index (χ0v) is 7.97. The van der Waals surface area contributed by atoms with E-state index in [1.165, 1.54) is 0 Å². The van der Waals surface area contributed by atoms with Crippen molar-refractivity contribution in [1.82, 2.24) is 0 Å². The molecule has 0 unspecified atom stereocenters. The number of nitrogens with two attached hydrogens (primary N) is 1. The van der Waals surface area contributed by atoms with Gasteiger partial charge in [0.05, 0.1) is 5.56 Å². The smallest absolute Gasteiger partial charge is 0.251 e. The van der Waals surface area contributed by atoms with E-state index < -0.39 is 23.1 Å². The number of hydrogen-bond acceptors (Lipinski definition) is 1. The Morgan fingerprint density at radius 2 is 1.93 bits per heavy atom. The third-order valence-corrected chi connectivity index (χ3v) is 1.95. The molecule has 0 aliphatic rings. The molecule has 0 atom stereocenters. The Morgan fingerprint density at radius 1 is 1.36 bits per heavy atom. The van der Waals surface area contributed by atoms with Crippen LogP contribution >= 0.6 is 0 Å². The van der Waals surface area contributed by atoms with Crippen LogP contribution in [0.15, 0.2) is 12.1 Å². The SMILES string of the molecule is CC(C)c1cc(F)cc(C(N)=O)c1F. The van der Waals surface area contributed by atoms with Crippen molar-refractivity contribution in [2.45, 2.75) is 19.8 Å². The van der Waals surface area contributed by atoms with Crippen LogP contribution in [0.2, 0.25) is 0 Å². The van der Waals surface area contributed by atoms with E-state index in [1.54, 1.807) is 13.8 Å². The average molecular weight is 199 g/mol. The number of benzene rings is 1. The first-order chi connectivity index (χ1) is 6.43. The van der Waals surface area contributed by atoms with Gasteiger partial charge in [0.2, 0.25) is 0 Å². The van der Waals surface area contributed by atoms with E-state index >= 15 is 0 Å². The Hall–Kier alpha value is -1.45. The molecule has 0 aliphatic carbocycles. The topological polar surface area (TPSA) is 43.1 Å². The van der Waals surface area contributed by atoms with Gasteiger partial charge in [-0.25, -0.2) is 8.78 Å². The molecular weight excluding hydrogens is 188 g/mol. The van der Waals surface area contributed by atoms with Gasteiger partial charge in [-0.05, 0) is 23.6 Å². The Bertz CT molecular complexity index is 375. The second kappa shape index (κ2) is 3.74. The van der Waals surface area contributed by atoms with Crippen molar-refractivity contribution in [3.63, 3.8) is 0 Å². The van der Waals surface area contributed by atoms with Gasteiger partial charge in [-0.3, -0.25) is 4.79 Å². The van der Waals surface area contributed by atoms with Crippen molar-refractivity contribution in [3.05, 3.63) is 34.9 Å². The normalized spacial score (nSPS) is 10.6. The molecule has 0 radical (unpaired) electrons. The molecule has 0 heterocycles. The van der Waals surface area contributed by atoms with Crippen LogP contribution in [0.3, 0.4) is 0 Å². The highest BCUT2D eigenvalue weighted by Crippen LogP contribution is 2.22. The molecule has 76 valence electrons. The van der Waals surface area contributed by atoms with Crippen LogP contribution < -0.4 is 5.73 Å². The van der Waals surface area contributed by atoms with Crippen LogP contribution in [0.25, 0.3) is 0 Å². The summed E-state index contributed by atoms with van der Waals surface area (Å²) in [6.07, 6.45) is 0. The lowest BCUT2D eigenvalue weighted by molar-refractivity contribution is 0.0995. The highest BCUT2D eigenvalue weighted by atomic mass is 19.1. The van der Waals surface area contributed by atoms with Gasteiger partial charge >= 0.3 is 0 Å². The summed E-state index contributed by atoms with van der Waals surface area (Å²) in [6.45, 7) is 3.42. The van der Waals surface area contributed by atoms with E-state index in [2.05, 4.69) is 0 Å². The van der Waals surface area contributed by atoms with Crippen LogP contribution in [0.5, 0.6) is 0 Å². The second-order valence-corrected chi connectivity index (χ2v) is 3.38. The summed E-state index contributed by atoms with van der Waals surface area (Å²) >= 11 is 0. The summed E-state index contributed by atoms with van der Waals surface area (Å²) in [4.78, 5) is 10.8. The molecule has 0 aromatic heterocycles. The number of hydrogen-bond donors (Lipinski definition) is 1. The lowest BCUT2D eigenvalue weighted by atomic mass is 9.99. The highest BCUT2D eigenvalue weighted by molar-refractivity contribution is 5.93. The Kier molecular flexibility index (Phi) is 2.84. The number of primary amides is 1. The third-order valence-electron chi connectivity index (χ3n) is 1.95. The van der Waals surface area contributed by atoms with Crippen molar-refractivity contribution in [2.24, 2.45) is 5.73 Å². The van der Waals surface area contributed by atoms with Crippen LogP contribution in [0, 0.1) is 11.6 Å². The molecule has 1 aromatic carbocycles. The fraction of sp³-hybridized carbons (Fsp3) is 0.300. The second-order valence-electron chi connectivity index (χ2n) is 3.38. The molecule has 0 saturated carbocycles.